The summed E-state index contributed by atoms with van der Waals surface area (Å²) >= 11 is 3.93. The summed E-state index contributed by atoms with van der Waals surface area (Å²) in [7, 11) is 0. The van der Waals surface area contributed by atoms with Gasteiger partial charge < -0.3 is 0 Å². The van der Waals surface area contributed by atoms with Crippen LogP contribution in [0.3, 0.4) is 0 Å². The Morgan fingerprint density at radius 1 is 0.472 bits per heavy atom. The molecule has 0 N–H and O–H groups in total. The summed E-state index contributed by atoms with van der Waals surface area (Å²) in [5.41, 5.74) is 2.68. The van der Waals surface area contributed by atoms with Crippen LogP contribution in [0.2, 0.25) is 0 Å². The van der Waals surface area contributed by atoms with E-state index in [1.165, 1.54) is 116 Å². The smallest absolute Gasteiger partial charge is 0.0345 e. The Balaban J connectivity index is 1.33. The fourth-order valence-electron chi connectivity index (χ4n) is 5.16. The van der Waals surface area contributed by atoms with E-state index in [1.807, 2.05) is 22.7 Å². The number of benzene rings is 3. The van der Waals surface area contributed by atoms with Crippen molar-refractivity contribution in [3.8, 4) is 20.9 Å². The van der Waals surface area contributed by atoms with E-state index in [0.29, 0.717) is 0 Å². The lowest BCUT2D eigenvalue weighted by atomic mass is 9.98. The lowest BCUT2D eigenvalue weighted by Crippen LogP contribution is -1.81. The van der Waals surface area contributed by atoms with Crippen LogP contribution in [-0.4, -0.2) is 0 Å². The minimum Gasteiger partial charge on any atom is -0.140 e. The first-order valence-corrected chi connectivity index (χ1v) is 15.5. The zero-order valence-corrected chi connectivity index (χ0v) is 23.4. The third-order valence-corrected chi connectivity index (χ3v) is 9.67. The Kier molecular flexibility index (Phi) is 8.56. The van der Waals surface area contributed by atoms with E-state index < -0.39 is 0 Å². The van der Waals surface area contributed by atoms with Gasteiger partial charge in [-0.3, -0.25) is 0 Å². The predicted molar refractivity (Wildman–Crippen MR) is 164 cm³/mol. The molecule has 0 atom stereocenters. The molecule has 0 spiro atoms. The highest BCUT2D eigenvalue weighted by Crippen LogP contribution is 2.36. The molecule has 0 unspecified atom stereocenters. The molecule has 2 aromatic heterocycles. The molecule has 5 rings (SSSR count). The number of thiophene rings is 2. The monoisotopic (exact) mass is 510 g/mol. The Hall–Kier alpha value is -2.42. The van der Waals surface area contributed by atoms with E-state index in [0.717, 1.165) is 0 Å². The molecule has 2 heteroatoms. The van der Waals surface area contributed by atoms with Crippen LogP contribution in [-0.2, 0) is 12.8 Å². The molecule has 0 nitrogen and oxygen atoms in total. The van der Waals surface area contributed by atoms with Crippen molar-refractivity contribution in [3.05, 3.63) is 82.6 Å². The first-order valence-electron chi connectivity index (χ1n) is 13.9. The van der Waals surface area contributed by atoms with Gasteiger partial charge in [-0.25, -0.2) is 0 Å². The van der Waals surface area contributed by atoms with Gasteiger partial charge in [-0.2, -0.15) is 0 Å². The molecule has 3 aromatic carbocycles. The number of hydrogen-bond acceptors (Lipinski definition) is 2. The van der Waals surface area contributed by atoms with Crippen molar-refractivity contribution in [2.45, 2.75) is 78.1 Å². The summed E-state index contributed by atoms with van der Waals surface area (Å²) in [6.45, 7) is 4.56. The van der Waals surface area contributed by atoms with Gasteiger partial charge in [0.15, 0.2) is 0 Å². The molecule has 0 aliphatic rings. The molecule has 2 heterocycles. The molecule has 0 radical (unpaired) electrons. The fourth-order valence-corrected chi connectivity index (χ4v) is 7.26. The van der Waals surface area contributed by atoms with Crippen molar-refractivity contribution in [2.75, 3.05) is 0 Å². The third kappa shape index (κ3) is 5.93. The molecule has 36 heavy (non-hydrogen) atoms. The molecule has 0 saturated heterocycles. The van der Waals surface area contributed by atoms with E-state index in [4.69, 9.17) is 0 Å². The van der Waals surface area contributed by atoms with Crippen LogP contribution < -0.4 is 0 Å². The summed E-state index contributed by atoms with van der Waals surface area (Å²) in [5.74, 6) is 0. The van der Waals surface area contributed by atoms with Gasteiger partial charge in [0.25, 0.3) is 0 Å². The Morgan fingerprint density at radius 3 is 1.39 bits per heavy atom. The van der Waals surface area contributed by atoms with Gasteiger partial charge >= 0.3 is 0 Å². The molecular weight excluding hydrogens is 473 g/mol. The normalized spacial score (nSPS) is 11.6. The first kappa shape index (κ1) is 25.2. The van der Waals surface area contributed by atoms with Crippen molar-refractivity contribution < 1.29 is 0 Å². The lowest BCUT2D eigenvalue weighted by molar-refractivity contribution is 0.670. The van der Waals surface area contributed by atoms with Crippen molar-refractivity contribution >= 4 is 44.2 Å². The molecule has 0 fully saturated rings. The van der Waals surface area contributed by atoms with Gasteiger partial charge in [0.2, 0.25) is 0 Å². The minimum absolute atomic E-state index is 1.22. The molecule has 5 aromatic rings. The predicted octanol–water partition coefficient (Wildman–Crippen LogP) is 11.7. The number of unbranched alkanes of at least 4 members (excludes halogenated alkanes) is 6. The van der Waals surface area contributed by atoms with Crippen molar-refractivity contribution in [1.29, 1.82) is 0 Å². The molecule has 0 aliphatic heterocycles. The quantitative estimate of drug-likeness (QED) is 0.116. The van der Waals surface area contributed by atoms with E-state index in [-0.39, 0.29) is 0 Å². The van der Waals surface area contributed by atoms with Crippen LogP contribution in [0.15, 0.2) is 72.8 Å². The Labute approximate surface area is 225 Å². The van der Waals surface area contributed by atoms with Crippen molar-refractivity contribution in [2.24, 2.45) is 0 Å². The first-order chi connectivity index (χ1) is 17.7. The summed E-state index contributed by atoms with van der Waals surface area (Å²) in [6.07, 6.45) is 13.1. The van der Waals surface area contributed by atoms with E-state index in [9.17, 15) is 0 Å². The van der Waals surface area contributed by atoms with Gasteiger partial charge in [-0.15, -0.1) is 22.7 Å². The van der Waals surface area contributed by atoms with Crippen LogP contribution in [0.4, 0.5) is 0 Å². The van der Waals surface area contributed by atoms with Crippen LogP contribution in [0.5, 0.6) is 0 Å². The largest absolute Gasteiger partial charge is 0.140 e. The molecule has 0 bridgehead atoms. The number of aryl methyl sites for hydroxylation is 2. The highest BCUT2D eigenvalue weighted by atomic mass is 32.1. The van der Waals surface area contributed by atoms with Gasteiger partial charge in [-0.1, -0.05) is 88.8 Å². The van der Waals surface area contributed by atoms with Crippen LogP contribution in [0.1, 0.15) is 75.0 Å². The summed E-state index contributed by atoms with van der Waals surface area (Å²) in [4.78, 5) is 5.82. The maximum atomic E-state index is 2.37. The van der Waals surface area contributed by atoms with E-state index >= 15 is 0 Å². The number of rotatable bonds is 12. The van der Waals surface area contributed by atoms with Crippen molar-refractivity contribution in [1.82, 2.24) is 0 Å². The SMILES string of the molecule is CCCCCCc1ccc(-c2ccc3c(ccc4cc(-c5ccc(CCCCCC)s5)ccc43)c2)s1. The van der Waals surface area contributed by atoms with E-state index in [1.54, 1.807) is 0 Å². The maximum absolute atomic E-state index is 2.37. The zero-order chi connectivity index (χ0) is 24.7. The maximum Gasteiger partial charge on any atom is 0.0345 e. The van der Waals surface area contributed by atoms with Crippen LogP contribution in [0.25, 0.3) is 42.4 Å². The Bertz CT molecular complexity index is 1310. The summed E-state index contributed by atoms with van der Waals surface area (Å²) in [5, 5.41) is 5.36. The van der Waals surface area contributed by atoms with Gasteiger partial charge in [0, 0.05) is 19.5 Å². The second kappa shape index (κ2) is 12.2. The molecule has 186 valence electrons. The van der Waals surface area contributed by atoms with Crippen LogP contribution in [0, 0.1) is 0 Å². The number of hydrogen-bond donors (Lipinski definition) is 0. The molecule has 0 aliphatic carbocycles. The average Bonchev–Trinajstić information content (AvgIpc) is 3.59. The van der Waals surface area contributed by atoms with Gasteiger partial charge in [0.05, 0.1) is 0 Å². The summed E-state index contributed by atoms with van der Waals surface area (Å²) in [6, 6.07) is 27.9. The number of fused-ring (bicyclic) bond motifs is 3. The lowest BCUT2D eigenvalue weighted by Gasteiger charge is -2.08. The minimum atomic E-state index is 1.22. The average molecular weight is 511 g/mol. The highest BCUT2D eigenvalue weighted by Gasteiger charge is 2.09. The molecule has 0 amide bonds. The highest BCUT2D eigenvalue weighted by molar-refractivity contribution is 7.15. The van der Waals surface area contributed by atoms with Gasteiger partial charge in [0.1, 0.15) is 0 Å². The van der Waals surface area contributed by atoms with Gasteiger partial charge in [-0.05, 0) is 94.8 Å². The summed E-state index contributed by atoms with van der Waals surface area (Å²) < 4.78 is 0. The Morgan fingerprint density at radius 2 is 0.944 bits per heavy atom. The molecular formula is C34H38S2. The van der Waals surface area contributed by atoms with Crippen molar-refractivity contribution in [3.63, 3.8) is 0 Å². The van der Waals surface area contributed by atoms with E-state index in [2.05, 4.69) is 86.6 Å². The third-order valence-electron chi connectivity index (χ3n) is 7.28. The second-order valence-corrected chi connectivity index (χ2v) is 12.4. The topological polar surface area (TPSA) is 0 Å². The standard InChI is InChI=1S/C34H38S2/c1-3-5-7-9-11-29-17-21-33(35-29)27-15-19-31-25(23-27)13-14-26-24-28(16-20-32(26)31)34-22-18-30(36-34)12-10-8-6-4-2/h13-24H,3-12H2,1-2H3. The zero-order valence-electron chi connectivity index (χ0n) is 21.8. The molecule has 0 saturated carbocycles. The second-order valence-electron chi connectivity index (χ2n) is 10.1. The fraction of sp³-hybridized carbons (Fsp3) is 0.353. The van der Waals surface area contributed by atoms with Crippen LogP contribution >= 0.6 is 22.7 Å².